The van der Waals surface area contributed by atoms with Gasteiger partial charge >= 0.3 is 5.97 Å². The molecule has 6 heteroatoms. The van der Waals surface area contributed by atoms with Crippen LogP contribution < -0.4 is 4.74 Å². The third-order valence-electron chi connectivity index (χ3n) is 2.46. The molecular weight excluding hydrogens is 246 g/mol. The monoisotopic (exact) mass is 258 g/mol. The normalized spacial score (nSPS) is 11.2. The van der Waals surface area contributed by atoms with Gasteiger partial charge in [-0.25, -0.2) is 13.6 Å². The van der Waals surface area contributed by atoms with Crippen molar-refractivity contribution in [3.8, 4) is 5.75 Å². The zero-order valence-corrected chi connectivity index (χ0v) is 10.1. The van der Waals surface area contributed by atoms with Gasteiger partial charge in [0.25, 0.3) is 11.7 Å². The van der Waals surface area contributed by atoms with Gasteiger partial charge in [0, 0.05) is 6.92 Å². The summed E-state index contributed by atoms with van der Waals surface area (Å²) in [6, 6.07) is 2.39. The van der Waals surface area contributed by atoms with E-state index in [1.54, 1.807) is 0 Å². The summed E-state index contributed by atoms with van der Waals surface area (Å²) in [4.78, 5) is 22.2. The van der Waals surface area contributed by atoms with Gasteiger partial charge in [0.2, 0.25) is 0 Å². The molecule has 0 saturated carbocycles. The Hall–Kier alpha value is -1.98. The van der Waals surface area contributed by atoms with Crippen molar-refractivity contribution in [3.63, 3.8) is 0 Å². The Morgan fingerprint density at radius 2 is 1.89 bits per heavy atom. The molecule has 0 saturated heterocycles. The number of alkyl halides is 2. The molecule has 0 unspecified atom stereocenters. The van der Waals surface area contributed by atoms with Crippen molar-refractivity contribution in [3.05, 3.63) is 28.8 Å². The Kier molecular flexibility index (Phi) is 3.69. The third kappa shape index (κ3) is 2.47. The number of carbonyl (C=O) groups excluding carboxylic acids is 1. The number of ether oxygens (including phenoxy) is 1. The van der Waals surface area contributed by atoms with E-state index in [1.165, 1.54) is 13.0 Å². The van der Waals surface area contributed by atoms with Crippen LogP contribution in [0.25, 0.3) is 0 Å². The highest BCUT2D eigenvalue weighted by molar-refractivity contribution is 6.41. The van der Waals surface area contributed by atoms with Crippen molar-refractivity contribution in [1.82, 2.24) is 0 Å². The van der Waals surface area contributed by atoms with Gasteiger partial charge in [-0.1, -0.05) is 6.07 Å². The highest BCUT2D eigenvalue weighted by Gasteiger charge is 2.33. The SMILES string of the molecule is COc1c(C(C)(F)F)ccc(C)c1C(=O)C(=O)O. The molecule has 18 heavy (non-hydrogen) atoms. The van der Waals surface area contributed by atoms with Crippen molar-refractivity contribution in [2.45, 2.75) is 19.8 Å². The molecule has 0 aliphatic rings. The first-order chi connectivity index (χ1) is 8.20. The fourth-order valence-corrected chi connectivity index (χ4v) is 1.63. The number of aliphatic carboxylic acids is 1. The van der Waals surface area contributed by atoms with Gasteiger partial charge in [0.15, 0.2) is 0 Å². The standard InChI is InChI=1S/C12H12F2O4/c1-6-4-5-7(12(2,13)14)10(18-3)8(6)9(15)11(16)17/h4-5H,1-3H3,(H,16,17). The summed E-state index contributed by atoms with van der Waals surface area (Å²) >= 11 is 0. The maximum absolute atomic E-state index is 13.3. The molecule has 0 spiro atoms. The number of aryl methyl sites for hydroxylation is 1. The molecule has 0 fully saturated rings. The molecule has 4 nitrogen and oxygen atoms in total. The predicted molar refractivity (Wildman–Crippen MR) is 59.3 cm³/mol. The highest BCUT2D eigenvalue weighted by Crippen LogP contribution is 2.38. The second-order valence-corrected chi connectivity index (χ2v) is 3.86. The number of carbonyl (C=O) groups is 2. The van der Waals surface area contributed by atoms with Crippen molar-refractivity contribution in [1.29, 1.82) is 0 Å². The second kappa shape index (κ2) is 4.72. The minimum atomic E-state index is -3.23. The van der Waals surface area contributed by atoms with Crippen LogP contribution in [-0.2, 0) is 10.7 Å². The Morgan fingerprint density at radius 3 is 2.28 bits per heavy atom. The molecule has 1 aromatic rings. The molecule has 1 N–H and O–H groups in total. The molecule has 98 valence electrons. The molecule has 0 aromatic heterocycles. The average Bonchev–Trinajstić information content (AvgIpc) is 2.25. The Balaban J connectivity index is 3.60. The Bertz CT molecular complexity index is 504. The first kappa shape index (κ1) is 14.1. The lowest BCUT2D eigenvalue weighted by molar-refractivity contribution is -0.131. The van der Waals surface area contributed by atoms with E-state index in [4.69, 9.17) is 9.84 Å². The van der Waals surface area contributed by atoms with Crippen molar-refractivity contribution in [2.75, 3.05) is 7.11 Å². The van der Waals surface area contributed by atoms with Crippen LogP contribution in [0.3, 0.4) is 0 Å². The number of hydrogen-bond acceptors (Lipinski definition) is 3. The quantitative estimate of drug-likeness (QED) is 0.665. The molecule has 0 aliphatic heterocycles. The number of rotatable bonds is 4. The van der Waals surface area contributed by atoms with Crippen LogP contribution >= 0.6 is 0 Å². The lowest BCUT2D eigenvalue weighted by Crippen LogP contribution is -2.18. The molecule has 0 bridgehead atoms. The lowest BCUT2D eigenvalue weighted by Gasteiger charge is -2.18. The predicted octanol–water partition coefficient (Wildman–Crippen LogP) is 2.38. The first-order valence-corrected chi connectivity index (χ1v) is 5.03. The van der Waals surface area contributed by atoms with E-state index in [0.717, 1.165) is 13.2 Å². The van der Waals surface area contributed by atoms with Gasteiger partial charge in [0.05, 0.1) is 18.2 Å². The topological polar surface area (TPSA) is 63.6 Å². The Labute approximate surface area is 102 Å². The fourth-order valence-electron chi connectivity index (χ4n) is 1.63. The summed E-state index contributed by atoms with van der Waals surface area (Å²) < 4.78 is 31.5. The fraction of sp³-hybridized carbons (Fsp3) is 0.333. The number of carboxylic acid groups (broad SMARTS) is 1. The van der Waals surface area contributed by atoms with Crippen LogP contribution in [0.4, 0.5) is 8.78 Å². The van der Waals surface area contributed by atoms with E-state index in [0.29, 0.717) is 6.92 Å². The van der Waals surface area contributed by atoms with Crippen LogP contribution in [0.2, 0.25) is 0 Å². The minimum absolute atomic E-state index is 0.271. The number of carboxylic acids is 1. The maximum atomic E-state index is 13.3. The van der Waals surface area contributed by atoms with Crippen LogP contribution in [0, 0.1) is 6.92 Å². The van der Waals surface area contributed by atoms with Gasteiger partial charge in [-0.15, -0.1) is 0 Å². The number of ketones is 1. The number of halogens is 2. The molecule has 0 radical (unpaired) electrons. The van der Waals surface area contributed by atoms with E-state index < -0.39 is 29.0 Å². The average molecular weight is 258 g/mol. The summed E-state index contributed by atoms with van der Waals surface area (Å²) in [5, 5.41) is 8.68. The molecule has 0 heterocycles. The van der Waals surface area contributed by atoms with Gasteiger partial charge < -0.3 is 9.84 Å². The minimum Gasteiger partial charge on any atom is -0.495 e. The first-order valence-electron chi connectivity index (χ1n) is 5.03. The van der Waals surface area contributed by atoms with Gasteiger partial charge in [-0.05, 0) is 18.6 Å². The molecule has 0 amide bonds. The van der Waals surface area contributed by atoms with E-state index in [2.05, 4.69) is 0 Å². The van der Waals surface area contributed by atoms with E-state index in [1.807, 2.05) is 0 Å². The third-order valence-corrected chi connectivity index (χ3v) is 2.46. The summed E-state index contributed by atoms with van der Waals surface area (Å²) in [5.74, 6) is -6.61. The smallest absolute Gasteiger partial charge is 0.377 e. The second-order valence-electron chi connectivity index (χ2n) is 3.86. The van der Waals surface area contributed by atoms with Gasteiger partial charge in [0.1, 0.15) is 5.75 Å². The zero-order valence-electron chi connectivity index (χ0n) is 10.1. The number of hydrogen-bond donors (Lipinski definition) is 1. The van der Waals surface area contributed by atoms with E-state index >= 15 is 0 Å². The van der Waals surface area contributed by atoms with Crippen LogP contribution in [0.15, 0.2) is 12.1 Å². The molecule has 0 atom stereocenters. The van der Waals surface area contributed by atoms with E-state index in [9.17, 15) is 18.4 Å². The summed E-state index contributed by atoms with van der Waals surface area (Å²) in [6.07, 6.45) is 0. The summed E-state index contributed by atoms with van der Waals surface area (Å²) in [7, 11) is 1.11. The number of Topliss-reactive ketones (excluding diaryl/α,β-unsaturated/α-hetero) is 1. The zero-order chi connectivity index (χ0) is 14.1. The summed E-state index contributed by atoms with van der Waals surface area (Å²) in [5.41, 5.74) is -0.587. The van der Waals surface area contributed by atoms with Gasteiger partial charge in [-0.2, -0.15) is 0 Å². The highest BCUT2D eigenvalue weighted by atomic mass is 19.3. The lowest BCUT2D eigenvalue weighted by atomic mass is 9.97. The number of methoxy groups -OCH3 is 1. The summed E-state index contributed by atoms with van der Waals surface area (Å²) in [6.45, 7) is 2.10. The number of benzene rings is 1. The van der Waals surface area contributed by atoms with Gasteiger partial charge in [-0.3, -0.25) is 4.79 Å². The molecule has 0 aliphatic carbocycles. The van der Waals surface area contributed by atoms with Crippen molar-refractivity contribution >= 4 is 11.8 Å². The largest absolute Gasteiger partial charge is 0.495 e. The molecule has 1 aromatic carbocycles. The Morgan fingerprint density at radius 1 is 1.33 bits per heavy atom. The van der Waals surface area contributed by atoms with E-state index in [-0.39, 0.29) is 11.1 Å². The van der Waals surface area contributed by atoms with Crippen molar-refractivity contribution < 1.29 is 28.2 Å². The van der Waals surface area contributed by atoms with Crippen LogP contribution in [0.1, 0.15) is 28.4 Å². The van der Waals surface area contributed by atoms with Crippen LogP contribution in [-0.4, -0.2) is 24.0 Å². The van der Waals surface area contributed by atoms with Crippen molar-refractivity contribution in [2.24, 2.45) is 0 Å². The maximum Gasteiger partial charge on any atom is 0.377 e. The van der Waals surface area contributed by atoms with Crippen LogP contribution in [0.5, 0.6) is 5.75 Å². The molecular formula is C12H12F2O4. The molecule has 1 rings (SSSR count).